The standard InChI is InChI=1S/C23H32N6O6/c1-31-6-5-28-10-16(12-30)35-19(11-28)29-14-27-20-22(25-13-26-23(20)29)24-9-15-7-17(32-2)21(34-4)18(8-15)33-3/h7-8,13-14,16,19,30H,5-6,9-12H2,1-4H3,(H,24,25,26)/t16-,19+/m0/s1. The number of fused-ring (bicyclic) bond motifs is 1. The van der Waals surface area contributed by atoms with E-state index in [9.17, 15) is 5.11 Å². The van der Waals surface area contributed by atoms with E-state index in [0.717, 1.165) is 12.1 Å². The van der Waals surface area contributed by atoms with Crippen LogP contribution in [0.15, 0.2) is 24.8 Å². The third-order valence-corrected chi connectivity index (χ3v) is 5.89. The molecule has 0 spiro atoms. The number of morpholine rings is 1. The van der Waals surface area contributed by atoms with Crippen LogP contribution in [0.25, 0.3) is 11.2 Å². The van der Waals surface area contributed by atoms with Crippen molar-refractivity contribution in [3.8, 4) is 17.2 Å². The van der Waals surface area contributed by atoms with Gasteiger partial charge in [0.05, 0.1) is 47.0 Å². The molecule has 0 amide bonds. The number of aliphatic hydroxyl groups excluding tert-OH is 1. The molecule has 1 aliphatic heterocycles. The molecule has 0 unspecified atom stereocenters. The van der Waals surface area contributed by atoms with Gasteiger partial charge < -0.3 is 34.1 Å². The lowest BCUT2D eigenvalue weighted by atomic mass is 10.1. The number of hydrogen-bond donors (Lipinski definition) is 2. The molecule has 2 atom stereocenters. The number of nitrogens with zero attached hydrogens (tertiary/aromatic N) is 5. The maximum absolute atomic E-state index is 9.72. The predicted octanol–water partition coefficient (Wildman–Crippen LogP) is 1.30. The van der Waals surface area contributed by atoms with E-state index in [1.807, 2.05) is 16.7 Å². The minimum absolute atomic E-state index is 0.0663. The third-order valence-electron chi connectivity index (χ3n) is 5.89. The van der Waals surface area contributed by atoms with E-state index >= 15 is 0 Å². The number of rotatable bonds is 11. The fraction of sp³-hybridized carbons (Fsp3) is 0.522. The van der Waals surface area contributed by atoms with Crippen LogP contribution < -0.4 is 19.5 Å². The number of anilines is 1. The maximum atomic E-state index is 9.72. The summed E-state index contributed by atoms with van der Waals surface area (Å²) in [6.07, 6.45) is 2.54. The number of benzene rings is 1. The second-order valence-electron chi connectivity index (χ2n) is 8.08. The monoisotopic (exact) mass is 488 g/mol. The average Bonchev–Trinajstić information content (AvgIpc) is 3.34. The van der Waals surface area contributed by atoms with Crippen LogP contribution in [0.3, 0.4) is 0 Å². The molecule has 4 rings (SSSR count). The van der Waals surface area contributed by atoms with Gasteiger partial charge in [0.15, 0.2) is 28.5 Å². The topological polar surface area (TPSA) is 125 Å². The first-order valence-electron chi connectivity index (χ1n) is 11.3. The quantitative estimate of drug-likeness (QED) is 0.406. The Morgan fingerprint density at radius 3 is 2.49 bits per heavy atom. The Morgan fingerprint density at radius 2 is 1.83 bits per heavy atom. The first-order chi connectivity index (χ1) is 17.1. The Hall–Kier alpha value is -3.19. The molecule has 12 heteroatoms. The van der Waals surface area contributed by atoms with Gasteiger partial charge in [-0.25, -0.2) is 15.0 Å². The first-order valence-corrected chi connectivity index (χ1v) is 11.3. The summed E-state index contributed by atoms with van der Waals surface area (Å²) >= 11 is 0. The molecule has 1 fully saturated rings. The zero-order valence-corrected chi connectivity index (χ0v) is 20.4. The lowest BCUT2D eigenvalue weighted by Crippen LogP contribution is -2.48. The van der Waals surface area contributed by atoms with Crippen molar-refractivity contribution in [1.82, 2.24) is 24.4 Å². The molecule has 2 N–H and O–H groups in total. The van der Waals surface area contributed by atoms with Crippen LogP contribution in [0.1, 0.15) is 11.8 Å². The van der Waals surface area contributed by atoms with E-state index in [1.54, 1.807) is 34.8 Å². The molecule has 1 saturated heterocycles. The summed E-state index contributed by atoms with van der Waals surface area (Å²) in [6, 6.07) is 3.76. The van der Waals surface area contributed by atoms with Gasteiger partial charge in [0.25, 0.3) is 0 Å². The molecular weight excluding hydrogens is 456 g/mol. The van der Waals surface area contributed by atoms with Gasteiger partial charge in [0, 0.05) is 33.3 Å². The molecule has 0 bridgehead atoms. The van der Waals surface area contributed by atoms with E-state index in [4.69, 9.17) is 23.7 Å². The van der Waals surface area contributed by atoms with Crippen molar-refractivity contribution in [3.63, 3.8) is 0 Å². The lowest BCUT2D eigenvalue weighted by Gasteiger charge is -2.37. The zero-order valence-electron chi connectivity index (χ0n) is 20.4. The fourth-order valence-electron chi connectivity index (χ4n) is 4.16. The Kier molecular flexibility index (Phi) is 8.18. The van der Waals surface area contributed by atoms with Crippen molar-refractivity contribution in [2.45, 2.75) is 18.9 Å². The SMILES string of the molecule is COCCN1C[C@@H](CO)O[C@@H](n2cnc3c(NCc4cc(OC)c(OC)c(OC)c4)ncnc32)C1. The van der Waals surface area contributed by atoms with Crippen molar-refractivity contribution in [3.05, 3.63) is 30.4 Å². The summed E-state index contributed by atoms with van der Waals surface area (Å²) in [6.45, 7) is 3.00. The maximum Gasteiger partial charge on any atom is 0.203 e. The highest BCUT2D eigenvalue weighted by molar-refractivity contribution is 5.82. The van der Waals surface area contributed by atoms with E-state index < -0.39 is 0 Å². The molecule has 1 aromatic carbocycles. The fourth-order valence-corrected chi connectivity index (χ4v) is 4.16. The second kappa shape index (κ2) is 11.5. The van der Waals surface area contributed by atoms with E-state index in [0.29, 0.717) is 60.5 Å². The van der Waals surface area contributed by atoms with Crippen LogP contribution in [-0.2, 0) is 16.0 Å². The van der Waals surface area contributed by atoms with Gasteiger partial charge in [-0.1, -0.05) is 0 Å². The van der Waals surface area contributed by atoms with Gasteiger partial charge >= 0.3 is 0 Å². The van der Waals surface area contributed by atoms with Gasteiger partial charge in [0.1, 0.15) is 12.6 Å². The Bertz CT molecular complexity index is 1100. The zero-order chi connectivity index (χ0) is 24.8. The molecule has 1 aliphatic rings. The highest BCUT2D eigenvalue weighted by Gasteiger charge is 2.30. The minimum atomic E-state index is -0.347. The van der Waals surface area contributed by atoms with Crippen molar-refractivity contribution in [2.75, 3.05) is 66.6 Å². The number of ether oxygens (including phenoxy) is 5. The van der Waals surface area contributed by atoms with Crippen LogP contribution in [0.4, 0.5) is 5.82 Å². The second-order valence-corrected chi connectivity index (χ2v) is 8.08. The highest BCUT2D eigenvalue weighted by Crippen LogP contribution is 2.38. The van der Waals surface area contributed by atoms with Gasteiger partial charge in [-0.3, -0.25) is 9.47 Å². The Morgan fingerprint density at radius 1 is 1.06 bits per heavy atom. The summed E-state index contributed by atoms with van der Waals surface area (Å²) in [5, 5.41) is 13.1. The minimum Gasteiger partial charge on any atom is -0.493 e. The molecule has 2 aromatic heterocycles. The van der Waals surface area contributed by atoms with Crippen LogP contribution in [-0.4, -0.2) is 96.9 Å². The van der Waals surface area contributed by atoms with Crippen LogP contribution in [0.2, 0.25) is 0 Å². The van der Waals surface area contributed by atoms with Gasteiger partial charge in [-0.05, 0) is 17.7 Å². The van der Waals surface area contributed by atoms with Gasteiger partial charge in [0.2, 0.25) is 5.75 Å². The van der Waals surface area contributed by atoms with E-state index in [2.05, 4.69) is 25.2 Å². The third kappa shape index (κ3) is 5.40. The van der Waals surface area contributed by atoms with E-state index in [1.165, 1.54) is 6.33 Å². The molecule has 3 heterocycles. The smallest absolute Gasteiger partial charge is 0.203 e. The molecule has 35 heavy (non-hydrogen) atoms. The van der Waals surface area contributed by atoms with Crippen molar-refractivity contribution in [2.24, 2.45) is 0 Å². The summed E-state index contributed by atoms with van der Waals surface area (Å²) in [4.78, 5) is 15.6. The molecule has 190 valence electrons. The van der Waals surface area contributed by atoms with Gasteiger partial charge in [-0.2, -0.15) is 0 Å². The Balaban J connectivity index is 1.55. The number of hydrogen-bond acceptors (Lipinski definition) is 11. The lowest BCUT2D eigenvalue weighted by molar-refractivity contribution is -0.135. The first kappa shape index (κ1) is 24.9. The Labute approximate surface area is 203 Å². The largest absolute Gasteiger partial charge is 0.493 e. The molecule has 3 aromatic rings. The normalized spacial score (nSPS) is 18.5. The summed E-state index contributed by atoms with van der Waals surface area (Å²) in [7, 11) is 6.41. The molecule has 0 radical (unpaired) electrons. The average molecular weight is 489 g/mol. The van der Waals surface area contributed by atoms with Gasteiger partial charge in [-0.15, -0.1) is 0 Å². The number of imidazole rings is 1. The highest BCUT2D eigenvalue weighted by atomic mass is 16.5. The predicted molar refractivity (Wildman–Crippen MR) is 128 cm³/mol. The van der Waals surface area contributed by atoms with Crippen LogP contribution in [0.5, 0.6) is 17.2 Å². The summed E-state index contributed by atoms with van der Waals surface area (Å²) in [5.74, 6) is 2.28. The number of methoxy groups -OCH3 is 4. The van der Waals surface area contributed by atoms with Crippen molar-refractivity contribution >= 4 is 17.0 Å². The number of nitrogens with one attached hydrogen (secondary N) is 1. The number of aromatic nitrogens is 4. The molecule has 0 aliphatic carbocycles. The molecular formula is C23H32N6O6. The summed E-state index contributed by atoms with van der Waals surface area (Å²) in [5.41, 5.74) is 2.18. The number of aliphatic hydroxyl groups is 1. The van der Waals surface area contributed by atoms with Crippen LogP contribution >= 0.6 is 0 Å². The van der Waals surface area contributed by atoms with E-state index in [-0.39, 0.29) is 18.9 Å². The summed E-state index contributed by atoms with van der Waals surface area (Å²) < 4.78 is 29.5. The van der Waals surface area contributed by atoms with Crippen molar-refractivity contribution < 1.29 is 28.8 Å². The van der Waals surface area contributed by atoms with Crippen molar-refractivity contribution in [1.29, 1.82) is 0 Å². The molecule has 12 nitrogen and oxygen atoms in total. The van der Waals surface area contributed by atoms with Crippen LogP contribution in [0, 0.1) is 0 Å². The molecule has 0 saturated carbocycles.